The monoisotopic (exact) mass is 356 g/mol. The number of aliphatic hydroxyl groups excluding tert-OH is 3. The maximum atomic E-state index is 10.4. The summed E-state index contributed by atoms with van der Waals surface area (Å²) in [6, 6.07) is 9.28. The smallest absolute Gasteiger partial charge is 0.186 e. The Kier molecular flexibility index (Phi) is 5.71. The fraction of sp³-hybridized carbons (Fsp3) is 0.647. The van der Waals surface area contributed by atoms with Crippen molar-refractivity contribution in [2.24, 2.45) is 0 Å². The molecule has 0 aliphatic carbocycles. The molecule has 0 amide bonds. The number of aliphatic hydroxyl groups is 4. The molecule has 1 aromatic carbocycles. The van der Waals surface area contributed by atoms with E-state index in [4.69, 9.17) is 24.1 Å². The Morgan fingerprint density at radius 2 is 1.88 bits per heavy atom. The van der Waals surface area contributed by atoms with Crippen LogP contribution in [0.2, 0.25) is 0 Å². The molecule has 0 bridgehead atoms. The third-order valence-electron chi connectivity index (χ3n) is 4.30. The van der Waals surface area contributed by atoms with E-state index in [2.05, 4.69) is 0 Å². The van der Waals surface area contributed by atoms with Gasteiger partial charge in [0.25, 0.3) is 0 Å². The lowest BCUT2D eigenvalue weighted by atomic mass is 9.98. The molecule has 25 heavy (non-hydrogen) atoms. The van der Waals surface area contributed by atoms with Gasteiger partial charge in [0.15, 0.2) is 12.6 Å². The molecule has 0 saturated carbocycles. The molecule has 4 N–H and O–H groups in total. The topological polar surface area (TPSA) is 118 Å². The molecule has 0 unspecified atom stereocenters. The summed E-state index contributed by atoms with van der Waals surface area (Å²) in [6.07, 6.45) is -5.80. The molecule has 7 atom stereocenters. The van der Waals surface area contributed by atoms with E-state index in [1.165, 1.54) is 6.92 Å². The van der Waals surface area contributed by atoms with Gasteiger partial charge in [0.1, 0.15) is 30.0 Å². The molecule has 8 heteroatoms. The molecule has 0 aromatic heterocycles. The van der Waals surface area contributed by atoms with Crippen LogP contribution < -0.4 is 0 Å². The first-order valence-electron chi connectivity index (χ1n) is 8.20. The standard InChI is InChI=1S/C17H24O8/c1-17(21,8-18)9-23-16-13(20)12(19)14-11(24-16)7-22-15(25-14)10-5-3-2-4-6-10/h2-6,11-16,18-21H,7-9H2,1H3/t11-,12-,13-,14+,15+,16-,17-/m1/s1. The van der Waals surface area contributed by atoms with E-state index in [-0.39, 0.29) is 13.2 Å². The van der Waals surface area contributed by atoms with Crippen LogP contribution in [0, 0.1) is 0 Å². The molecule has 2 aliphatic rings. The minimum Gasteiger partial charge on any atom is -0.393 e. The van der Waals surface area contributed by atoms with Gasteiger partial charge in [0, 0.05) is 5.56 Å². The van der Waals surface area contributed by atoms with E-state index >= 15 is 0 Å². The second-order valence-electron chi connectivity index (χ2n) is 6.67. The zero-order valence-electron chi connectivity index (χ0n) is 13.9. The number of hydrogen-bond donors (Lipinski definition) is 4. The first kappa shape index (κ1) is 18.7. The Hall–Kier alpha value is -1.10. The van der Waals surface area contributed by atoms with Crippen molar-refractivity contribution in [2.75, 3.05) is 19.8 Å². The molecule has 1 aromatic rings. The molecule has 8 nitrogen and oxygen atoms in total. The summed E-state index contributed by atoms with van der Waals surface area (Å²) in [5, 5.41) is 39.4. The van der Waals surface area contributed by atoms with E-state index in [9.17, 15) is 15.3 Å². The number of ether oxygens (including phenoxy) is 4. The van der Waals surface area contributed by atoms with Gasteiger partial charge in [-0.2, -0.15) is 0 Å². The molecule has 0 radical (unpaired) electrons. The molecule has 0 spiro atoms. The lowest BCUT2D eigenvalue weighted by Gasteiger charge is -2.46. The molecular formula is C17H24O8. The van der Waals surface area contributed by atoms with E-state index in [0.717, 1.165) is 5.56 Å². The van der Waals surface area contributed by atoms with Gasteiger partial charge < -0.3 is 39.4 Å². The Morgan fingerprint density at radius 1 is 1.16 bits per heavy atom. The summed E-state index contributed by atoms with van der Waals surface area (Å²) in [5.74, 6) is 0. The van der Waals surface area contributed by atoms with Crippen LogP contribution in [0.4, 0.5) is 0 Å². The summed E-state index contributed by atoms with van der Waals surface area (Å²) >= 11 is 0. The number of rotatable bonds is 5. The van der Waals surface area contributed by atoms with Crippen molar-refractivity contribution in [1.82, 2.24) is 0 Å². The summed E-state index contributed by atoms with van der Waals surface area (Å²) in [6.45, 7) is 0.780. The van der Waals surface area contributed by atoms with Gasteiger partial charge >= 0.3 is 0 Å². The normalized spacial score (nSPS) is 38.0. The van der Waals surface area contributed by atoms with Crippen molar-refractivity contribution in [3.8, 4) is 0 Å². The predicted molar refractivity (Wildman–Crippen MR) is 84.3 cm³/mol. The largest absolute Gasteiger partial charge is 0.393 e. The average Bonchev–Trinajstić information content (AvgIpc) is 2.64. The van der Waals surface area contributed by atoms with Crippen molar-refractivity contribution in [2.45, 2.75) is 49.5 Å². The summed E-state index contributed by atoms with van der Waals surface area (Å²) in [5.41, 5.74) is -0.664. The molecule has 2 fully saturated rings. The summed E-state index contributed by atoms with van der Waals surface area (Å²) in [7, 11) is 0. The Morgan fingerprint density at radius 3 is 2.56 bits per heavy atom. The maximum Gasteiger partial charge on any atom is 0.186 e. The Labute approximate surface area is 145 Å². The van der Waals surface area contributed by atoms with Gasteiger partial charge in [-0.15, -0.1) is 0 Å². The van der Waals surface area contributed by atoms with Crippen LogP contribution in [0.25, 0.3) is 0 Å². The predicted octanol–water partition coefficient (Wildman–Crippen LogP) is -0.693. The minimum atomic E-state index is -1.47. The highest BCUT2D eigenvalue weighted by atomic mass is 16.8. The summed E-state index contributed by atoms with van der Waals surface area (Å²) < 4.78 is 22.4. The van der Waals surface area contributed by atoms with Crippen molar-refractivity contribution < 1.29 is 39.4 Å². The fourth-order valence-corrected chi connectivity index (χ4v) is 2.80. The van der Waals surface area contributed by atoms with E-state index in [0.29, 0.717) is 0 Å². The number of benzene rings is 1. The SMILES string of the molecule is C[C@@](O)(CO)CO[C@@H]1O[C@@H]2CO[C@H](c3ccccc3)O[C@@H]2[C@H](O)[C@H]1O. The molecule has 140 valence electrons. The molecule has 2 heterocycles. The quantitative estimate of drug-likeness (QED) is 0.547. The zero-order chi connectivity index (χ0) is 18.0. The van der Waals surface area contributed by atoms with E-state index in [1.54, 1.807) is 0 Å². The van der Waals surface area contributed by atoms with Gasteiger partial charge in [-0.1, -0.05) is 30.3 Å². The molecular weight excluding hydrogens is 332 g/mol. The van der Waals surface area contributed by atoms with Crippen molar-refractivity contribution in [3.05, 3.63) is 35.9 Å². The lowest BCUT2D eigenvalue weighted by Crippen LogP contribution is -2.62. The van der Waals surface area contributed by atoms with Gasteiger partial charge in [-0.05, 0) is 6.92 Å². The van der Waals surface area contributed by atoms with Gasteiger partial charge in [0.2, 0.25) is 0 Å². The Balaban J connectivity index is 1.63. The third kappa shape index (κ3) is 4.18. The van der Waals surface area contributed by atoms with Crippen LogP contribution in [0.15, 0.2) is 30.3 Å². The Bertz CT molecular complexity index is 549. The van der Waals surface area contributed by atoms with Crippen LogP contribution in [-0.2, 0) is 18.9 Å². The molecule has 2 aliphatic heterocycles. The fourth-order valence-electron chi connectivity index (χ4n) is 2.80. The maximum absolute atomic E-state index is 10.4. The van der Waals surface area contributed by atoms with Crippen LogP contribution in [0.5, 0.6) is 0 Å². The second kappa shape index (κ2) is 7.65. The lowest BCUT2D eigenvalue weighted by molar-refractivity contribution is -0.364. The highest BCUT2D eigenvalue weighted by Gasteiger charge is 2.49. The van der Waals surface area contributed by atoms with Crippen molar-refractivity contribution in [3.63, 3.8) is 0 Å². The number of hydrogen-bond acceptors (Lipinski definition) is 8. The number of fused-ring (bicyclic) bond motifs is 1. The highest BCUT2D eigenvalue weighted by Crippen LogP contribution is 2.34. The molecule has 2 saturated heterocycles. The average molecular weight is 356 g/mol. The van der Waals surface area contributed by atoms with Crippen LogP contribution in [-0.4, -0.2) is 76.6 Å². The van der Waals surface area contributed by atoms with Crippen LogP contribution in [0.1, 0.15) is 18.8 Å². The first-order chi connectivity index (χ1) is 11.9. The minimum absolute atomic E-state index is 0.157. The van der Waals surface area contributed by atoms with Gasteiger partial charge in [0.05, 0.1) is 19.8 Å². The highest BCUT2D eigenvalue weighted by molar-refractivity contribution is 5.16. The van der Waals surface area contributed by atoms with Crippen molar-refractivity contribution >= 4 is 0 Å². The van der Waals surface area contributed by atoms with Gasteiger partial charge in [-0.3, -0.25) is 0 Å². The summed E-state index contributed by atoms with van der Waals surface area (Å²) in [4.78, 5) is 0. The third-order valence-corrected chi connectivity index (χ3v) is 4.30. The van der Waals surface area contributed by atoms with Crippen LogP contribution >= 0.6 is 0 Å². The second-order valence-corrected chi connectivity index (χ2v) is 6.67. The van der Waals surface area contributed by atoms with Crippen molar-refractivity contribution in [1.29, 1.82) is 0 Å². The molecule has 3 rings (SSSR count). The van der Waals surface area contributed by atoms with E-state index in [1.807, 2.05) is 30.3 Å². The zero-order valence-corrected chi connectivity index (χ0v) is 13.9. The van der Waals surface area contributed by atoms with E-state index < -0.39 is 49.2 Å². The first-order valence-corrected chi connectivity index (χ1v) is 8.20. The van der Waals surface area contributed by atoms with Gasteiger partial charge in [-0.25, -0.2) is 0 Å². The van der Waals surface area contributed by atoms with Crippen LogP contribution in [0.3, 0.4) is 0 Å².